The fraction of sp³-hybridized carbons (Fsp3) is 0.0667. The van der Waals surface area contributed by atoms with Gasteiger partial charge >= 0.3 is 5.97 Å². The van der Waals surface area contributed by atoms with Crippen molar-refractivity contribution in [2.24, 2.45) is 0 Å². The van der Waals surface area contributed by atoms with E-state index in [1.807, 2.05) is 6.07 Å². The van der Waals surface area contributed by atoms with Gasteiger partial charge in [-0.2, -0.15) is 5.26 Å². The van der Waals surface area contributed by atoms with E-state index < -0.39 is 11.8 Å². The summed E-state index contributed by atoms with van der Waals surface area (Å²) in [4.78, 5) is 11.0. The number of halogens is 1. The van der Waals surface area contributed by atoms with Crippen LogP contribution in [-0.2, 0) is 0 Å². The van der Waals surface area contributed by atoms with E-state index in [0.29, 0.717) is 16.9 Å². The largest absolute Gasteiger partial charge is 0.478 e. The van der Waals surface area contributed by atoms with Crippen LogP contribution in [0, 0.1) is 24.1 Å². The number of aromatic carboxylic acids is 1. The van der Waals surface area contributed by atoms with Crippen LogP contribution in [0.4, 0.5) is 4.39 Å². The summed E-state index contributed by atoms with van der Waals surface area (Å²) in [5, 5.41) is 17.9. The van der Waals surface area contributed by atoms with Crippen molar-refractivity contribution < 1.29 is 19.0 Å². The Balaban J connectivity index is 2.39. The van der Waals surface area contributed by atoms with Crippen molar-refractivity contribution >= 4 is 5.97 Å². The summed E-state index contributed by atoms with van der Waals surface area (Å²) in [5.74, 6) is -1.53. The molecule has 0 saturated carbocycles. The van der Waals surface area contributed by atoms with Gasteiger partial charge in [0.25, 0.3) is 0 Å². The van der Waals surface area contributed by atoms with E-state index in [2.05, 4.69) is 0 Å². The maximum Gasteiger partial charge on any atom is 0.339 e. The Labute approximate surface area is 114 Å². The van der Waals surface area contributed by atoms with Gasteiger partial charge in [-0.05, 0) is 42.8 Å². The van der Waals surface area contributed by atoms with E-state index in [9.17, 15) is 9.18 Å². The van der Waals surface area contributed by atoms with Gasteiger partial charge in [-0.15, -0.1) is 0 Å². The van der Waals surface area contributed by atoms with Crippen molar-refractivity contribution in [1.82, 2.24) is 0 Å². The minimum atomic E-state index is -1.20. The first kappa shape index (κ1) is 13.6. The smallest absolute Gasteiger partial charge is 0.339 e. The van der Waals surface area contributed by atoms with Gasteiger partial charge in [0.1, 0.15) is 22.9 Å². The second-order valence-electron chi connectivity index (χ2n) is 4.14. The molecular formula is C15H10FNO3. The summed E-state index contributed by atoms with van der Waals surface area (Å²) in [7, 11) is 0. The number of aryl methyl sites for hydroxylation is 1. The quantitative estimate of drug-likeness (QED) is 0.927. The molecule has 0 bridgehead atoms. The average Bonchev–Trinajstić information content (AvgIpc) is 2.38. The molecule has 0 unspecified atom stereocenters. The normalized spacial score (nSPS) is 9.85. The summed E-state index contributed by atoms with van der Waals surface area (Å²) in [6, 6.07) is 9.91. The Morgan fingerprint density at radius 3 is 2.65 bits per heavy atom. The molecule has 2 rings (SSSR count). The molecule has 4 nitrogen and oxygen atoms in total. The van der Waals surface area contributed by atoms with Crippen LogP contribution in [0.2, 0.25) is 0 Å². The maximum absolute atomic E-state index is 13.2. The monoisotopic (exact) mass is 271 g/mol. The van der Waals surface area contributed by atoms with Gasteiger partial charge in [0, 0.05) is 6.07 Å². The lowest BCUT2D eigenvalue weighted by atomic mass is 10.1. The van der Waals surface area contributed by atoms with E-state index in [0.717, 1.165) is 18.2 Å². The van der Waals surface area contributed by atoms with Crippen molar-refractivity contribution in [3.05, 3.63) is 58.9 Å². The van der Waals surface area contributed by atoms with Crippen LogP contribution in [0.3, 0.4) is 0 Å². The number of hydrogen-bond donors (Lipinski definition) is 1. The van der Waals surface area contributed by atoms with E-state index in [1.165, 1.54) is 6.07 Å². The Morgan fingerprint density at radius 1 is 1.30 bits per heavy atom. The number of ether oxygens (including phenoxy) is 1. The zero-order valence-electron chi connectivity index (χ0n) is 10.6. The minimum absolute atomic E-state index is 0.0818. The van der Waals surface area contributed by atoms with Crippen molar-refractivity contribution in [1.29, 1.82) is 5.26 Å². The van der Waals surface area contributed by atoms with Gasteiger partial charge < -0.3 is 9.84 Å². The van der Waals surface area contributed by atoms with Gasteiger partial charge in [-0.25, -0.2) is 9.18 Å². The zero-order valence-corrected chi connectivity index (χ0v) is 10.6. The van der Waals surface area contributed by atoms with Crippen molar-refractivity contribution in [3.8, 4) is 17.6 Å². The molecule has 0 aliphatic carbocycles. The van der Waals surface area contributed by atoms with E-state index in [4.69, 9.17) is 15.1 Å². The lowest BCUT2D eigenvalue weighted by Gasteiger charge is -2.10. The summed E-state index contributed by atoms with van der Waals surface area (Å²) in [6.45, 7) is 1.73. The highest BCUT2D eigenvalue weighted by molar-refractivity contribution is 5.90. The third-order valence-corrected chi connectivity index (χ3v) is 2.72. The molecule has 0 heterocycles. The molecule has 2 aromatic rings. The van der Waals surface area contributed by atoms with E-state index >= 15 is 0 Å². The number of benzene rings is 2. The second-order valence-corrected chi connectivity index (χ2v) is 4.14. The first-order valence-corrected chi connectivity index (χ1v) is 5.72. The van der Waals surface area contributed by atoms with Gasteiger partial charge in [0.05, 0.1) is 11.6 Å². The third kappa shape index (κ3) is 2.75. The van der Waals surface area contributed by atoms with Crippen molar-refractivity contribution in [2.45, 2.75) is 6.92 Å². The van der Waals surface area contributed by atoms with Crippen LogP contribution in [0.1, 0.15) is 21.5 Å². The van der Waals surface area contributed by atoms with E-state index in [-0.39, 0.29) is 11.3 Å². The van der Waals surface area contributed by atoms with Crippen molar-refractivity contribution in [3.63, 3.8) is 0 Å². The summed E-state index contributed by atoms with van der Waals surface area (Å²) in [5.41, 5.74) is 1.06. The highest BCUT2D eigenvalue weighted by atomic mass is 19.1. The number of carboxylic acids is 1. The molecule has 0 aliphatic rings. The topological polar surface area (TPSA) is 70.3 Å². The van der Waals surface area contributed by atoms with Crippen molar-refractivity contribution in [2.75, 3.05) is 0 Å². The Kier molecular flexibility index (Phi) is 3.67. The van der Waals surface area contributed by atoms with Gasteiger partial charge in [0.2, 0.25) is 0 Å². The molecule has 100 valence electrons. The Hall–Kier alpha value is -2.87. The summed E-state index contributed by atoms with van der Waals surface area (Å²) < 4.78 is 18.6. The molecule has 0 spiro atoms. The molecule has 20 heavy (non-hydrogen) atoms. The fourth-order valence-corrected chi connectivity index (χ4v) is 1.71. The SMILES string of the molecule is Cc1cc(Oc2cc(F)ccc2C(=O)O)ccc1C#N. The standard InChI is InChI=1S/C15H10FNO3/c1-9-6-12(4-2-10(9)8-17)20-14-7-11(16)3-5-13(14)15(18)19/h2-7H,1H3,(H,18,19). The molecule has 0 aromatic heterocycles. The predicted molar refractivity (Wildman–Crippen MR) is 69.3 cm³/mol. The highest BCUT2D eigenvalue weighted by Crippen LogP contribution is 2.27. The van der Waals surface area contributed by atoms with Crippen LogP contribution in [-0.4, -0.2) is 11.1 Å². The first-order valence-electron chi connectivity index (χ1n) is 5.72. The van der Waals surface area contributed by atoms with Crippen LogP contribution in [0.5, 0.6) is 11.5 Å². The molecule has 0 aliphatic heterocycles. The van der Waals surface area contributed by atoms with Crippen LogP contribution >= 0.6 is 0 Å². The first-order chi connectivity index (χ1) is 9.51. The van der Waals surface area contributed by atoms with E-state index in [1.54, 1.807) is 19.1 Å². The number of hydrogen-bond acceptors (Lipinski definition) is 3. The molecule has 1 N–H and O–H groups in total. The van der Waals surface area contributed by atoms with Crippen LogP contribution in [0.25, 0.3) is 0 Å². The number of nitriles is 1. The summed E-state index contributed by atoms with van der Waals surface area (Å²) >= 11 is 0. The molecule has 0 saturated heterocycles. The molecular weight excluding hydrogens is 261 g/mol. The van der Waals surface area contributed by atoms with Gasteiger partial charge in [0.15, 0.2) is 0 Å². The molecule has 0 radical (unpaired) electrons. The predicted octanol–water partition coefficient (Wildman–Crippen LogP) is 3.50. The van der Waals surface area contributed by atoms with Crippen LogP contribution in [0.15, 0.2) is 36.4 Å². The number of carbonyl (C=O) groups is 1. The van der Waals surface area contributed by atoms with Gasteiger partial charge in [-0.3, -0.25) is 0 Å². The number of carboxylic acid groups (broad SMARTS) is 1. The summed E-state index contributed by atoms with van der Waals surface area (Å²) in [6.07, 6.45) is 0. The molecule has 2 aromatic carbocycles. The maximum atomic E-state index is 13.2. The Morgan fingerprint density at radius 2 is 2.05 bits per heavy atom. The second kappa shape index (κ2) is 5.41. The lowest BCUT2D eigenvalue weighted by Crippen LogP contribution is -2.00. The molecule has 0 fully saturated rings. The lowest BCUT2D eigenvalue weighted by molar-refractivity contribution is 0.0694. The number of rotatable bonds is 3. The minimum Gasteiger partial charge on any atom is -0.478 e. The zero-order chi connectivity index (χ0) is 14.7. The molecule has 0 atom stereocenters. The highest BCUT2D eigenvalue weighted by Gasteiger charge is 2.13. The number of nitrogens with zero attached hydrogens (tertiary/aromatic N) is 1. The van der Waals surface area contributed by atoms with Gasteiger partial charge in [-0.1, -0.05) is 0 Å². The third-order valence-electron chi connectivity index (χ3n) is 2.72. The average molecular weight is 271 g/mol. The molecule has 0 amide bonds. The van der Waals surface area contributed by atoms with Crippen LogP contribution < -0.4 is 4.74 Å². The molecule has 5 heteroatoms. The Bertz CT molecular complexity index is 720. The fourth-order valence-electron chi connectivity index (χ4n) is 1.71.